The van der Waals surface area contributed by atoms with E-state index in [4.69, 9.17) is 11.6 Å². The van der Waals surface area contributed by atoms with Crippen LogP contribution in [0.4, 0.5) is 5.69 Å². The second kappa shape index (κ2) is 9.40. The molecule has 2 aromatic rings. The van der Waals surface area contributed by atoms with Crippen LogP contribution in [0.1, 0.15) is 54.5 Å². The van der Waals surface area contributed by atoms with Gasteiger partial charge in [0.1, 0.15) is 0 Å². The number of carbonyl (C=O) groups is 1. The second-order valence-electron chi connectivity index (χ2n) is 7.99. The predicted molar refractivity (Wildman–Crippen MR) is 123 cm³/mol. The van der Waals surface area contributed by atoms with Crippen molar-refractivity contribution in [1.82, 2.24) is 5.32 Å². The van der Waals surface area contributed by atoms with E-state index in [2.05, 4.69) is 23.5 Å². The maximum absolute atomic E-state index is 12.4. The van der Waals surface area contributed by atoms with Crippen LogP contribution in [-0.2, 0) is 27.7 Å². The number of anilines is 1. The summed E-state index contributed by atoms with van der Waals surface area (Å²) >= 11 is 6.16. The van der Waals surface area contributed by atoms with E-state index >= 15 is 0 Å². The Morgan fingerprint density at radius 2 is 1.93 bits per heavy atom. The molecule has 0 saturated carbocycles. The molecule has 7 heteroatoms. The number of halogens is 1. The van der Waals surface area contributed by atoms with Gasteiger partial charge in [0, 0.05) is 18.0 Å². The molecule has 0 fully saturated rings. The van der Waals surface area contributed by atoms with Gasteiger partial charge >= 0.3 is 0 Å². The highest BCUT2D eigenvalue weighted by Gasteiger charge is 2.21. The molecule has 0 heterocycles. The molecule has 1 aliphatic carbocycles. The van der Waals surface area contributed by atoms with E-state index < -0.39 is 10.0 Å². The molecule has 0 saturated heterocycles. The van der Waals surface area contributed by atoms with Crippen LogP contribution in [-0.4, -0.2) is 27.1 Å². The molecule has 0 spiro atoms. The fourth-order valence-electron chi connectivity index (χ4n) is 3.97. The molecule has 1 aliphatic rings. The van der Waals surface area contributed by atoms with Gasteiger partial charge < -0.3 is 5.32 Å². The number of hydrogen-bond acceptors (Lipinski definition) is 3. The normalized spacial score (nSPS) is 14.3. The molecule has 5 nitrogen and oxygen atoms in total. The minimum atomic E-state index is -3.48. The van der Waals surface area contributed by atoms with Crippen LogP contribution in [0.25, 0.3) is 0 Å². The number of carbonyl (C=O) groups excluding carboxylic acids is 1. The highest BCUT2D eigenvalue weighted by molar-refractivity contribution is 7.92. The quantitative estimate of drug-likeness (QED) is 0.643. The third kappa shape index (κ3) is 5.35. The summed E-state index contributed by atoms with van der Waals surface area (Å²) < 4.78 is 25.9. The topological polar surface area (TPSA) is 66.5 Å². The molecular formula is C23H29ClN2O3S. The molecule has 1 amide bonds. The van der Waals surface area contributed by atoms with Crippen molar-refractivity contribution in [1.29, 1.82) is 0 Å². The van der Waals surface area contributed by atoms with Crippen LogP contribution < -0.4 is 9.62 Å². The third-order valence-corrected chi connectivity index (χ3v) is 7.26. The Labute approximate surface area is 184 Å². The standard InChI is InChI=1S/C23H29ClN2O3S/c1-16-21(24)9-5-10-22(16)26(30(3,28)29)14-6-11-23(27)25-17(2)19-13-12-18-7-4-8-20(18)15-19/h5,9-10,12-13,15,17H,4,6-8,11,14H2,1-3H3,(H,25,27)/t17-/m1/s1. The zero-order valence-corrected chi connectivity index (χ0v) is 19.3. The van der Waals surface area contributed by atoms with Crippen LogP contribution in [0.15, 0.2) is 36.4 Å². The lowest BCUT2D eigenvalue weighted by molar-refractivity contribution is -0.121. The largest absolute Gasteiger partial charge is 0.350 e. The third-order valence-electron chi connectivity index (χ3n) is 5.67. The molecule has 1 atom stereocenters. The average molecular weight is 449 g/mol. The summed E-state index contributed by atoms with van der Waals surface area (Å²) in [7, 11) is -3.48. The average Bonchev–Trinajstić information content (AvgIpc) is 3.14. The Morgan fingerprint density at radius 3 is 2.67 bits per heavy atom. The van der Waals surface area contributed by atoms with Crippen molar-refractivity contribution in [2.45, 2.75) is 52.0 Å². The molecular weight excluding hydrogens is 420 g/mol. The Morgan fingerprint density at radius 1 is 1.20 bits per heavy atom. The van der Waals surface area contributed by atoms with Crippen molar-refractivity contribution < 1.29 is 13.2 Å². The smallest absolute Gasteiger partial charge is 0.232 e. The van der Waals surface area contributed by atoms with Gasteiger partial charge in [-0.15, -0.1) is 0 Å². The van der Waals surface area contributed by atoms with Crippen LogP contribution in [0.2, 0.25) is 5.02 Å². The van der Waals surface area contributed by atoms with Gasteiger partial charge in [-0.1, -0.05) is 35.9 Å². The summed E-state index contributed by atoms with van der Waals surface area (Å²) in [4.78, 5) is 12.4. The minimum Gasteiger partial charge on any atom is -0.350 e. The van der Waals surface area contributed by atoms with Gasteiger partial charge in [-0.3, -0.25) is 9.10 Å². The number of rotatable bonds is 8. The number of nitrogens with zero attached hydrogens (tertiary/aromatic N) is 1. The van der Waals surface area contributed by atoms with E-state index in [-0.39, 0.29) is 24.9 Å². The van der Waals surface area contributed by atoms with Crippen LogP contribution in [0, 0.1) is 6.92 Å². The molecule has 0 unspecified atom stereocenters. The van der Waals surface area contributed by atoms with Gasteiger partial charge in [-0.2, -0.15) is 0 Å². The summed E-state index contributed by atoms with van der Waals surface area (Å²) in [6.07, 6.45) is 5.28. The van der Waals surface area contributed by atoms with Gasteiger partial charge in [-0.25, -0.2) is 8.42 Å². The fourth-order valence-corrected chi connectivity index (χ4v) is 5.16. The van der Waals surface area contributed by atoms with Crippen molar-refractivity contribution >= 4 is 33.2 Å². The molecule has 162 valence electrons. The maximum Gasteiger partial charge on any atom is 0.232 e. The van der Waals surface area contributed by atoms with Crippen molar-refractivity contribution in [3.63, 3.8) is 0 Å². The molecule has 0 bridgehead atoms. The minimum absolute atomic E-state index is 0.0791. The van der Waals surface area contributed by atoms with Gasteiger partial charge in [0.15, 0.2) is 0 Å². The van der Waals surface area contributed by atoms with Crippen molar-refractivity contribution in [3.8, 4) is 0 Å². The first-order valence-electron chi connectivity index (χ1n) is 10.3. The van der Waals surface area contributed by atoms with Gasteiger partial charge in [0.25, 0.3) is 0 Å². The number of fused-ring (bicyclic) bond motifs is 1. The maximum atomic E-state index is 12.4. The molecule has 3 rings (SSSR count). The first-order chi connectivity index (χ1) is 14.2. The van der Waals surface area contributed by atoms with E-state index in [1.165, 1.54) is 28.1 Å². The first-order valence-corrected chi connectivity index (χ1v) is 12.5. The van der Waals surface area contributed by atoms with E-state index in [0.29, 0.717) is 22.7 Å². The predicted octanol–water partition coefficient (Wildman–Crippen LogP) is 4.56. The van der Waals surface area contributed by atoms with Crippen LogP contribution in [0.3, 0.4) is 0 Å². The van der Waals surface area contributed by atoms with Crippen molar-refractivity contribution in [3.05, 3.63) is 63.7 Å². The summed E-state index contributed by atoms with van der Waals surface area (Å²) in [5, 5.41) is 3.55. The summed E-state index contributed by atoms with van der Waals surface area (Å²) in [5.74, 6) is -0.0840. The molecule has 2 aromatic carbocycles. The van der Waals surface area contributed by atoms with E-state index in [1.807, 2.05) is 6.92 Å². The lowest BCUT2D eigenvalue weighted by Crippen LogP contribution is -2.33. The molecule has 1 N–H and O–H groups in total. The zero-order valence-electron chi connectivity index (χ0n) is 17.7. The van der Waals surface area contributed by atoms with Gasteiger partial charge in [-0.05, 0) is 73.9 Å². The number of aryl methyl sites for hydroxylation is 2. The number of nitrogens with one attached hydrogen (secondary N) is 1. The van der Waals surface area contributed by atoms with E-state index in [0.717, 1.165) is 18.4 Å². The van der Waals surface area contributed by atoms with Crippen LogP contribution >= 0.6 is 11.6 Å². The lowest BCUT2D eigenvalue weighted by atomic mass is 10.0. The zero-order chi connectivity index (χ0) is 21.9. The van der Waals surface area contributed by atoms with Crippen molar-refractivity contribution in [2.75, 3.05) is 17.1 Å². The van der Waals surface area contributed by atoms with E-state index in [9.17, 15) is 13.2 Å². The van der Waals surface area contributed by atoms with Gasteiger partial charge in [0.2, 0.25) is 15.9 Å². The Balaban J connectivity index is 1.58. The van der Waals surface area contributed by atoms with Crippen molar-refractivity contribution in [2.24, 2.45) is 0 Å². The molecule has 30 heavy (non-hydrogen) atoms. The van der Waals surface area contributed by atoms with Crippen LogP contribution in [0.5, 0.6) is 0 Å². The summed E-state index contributed by atoms with van der Waals surface area (Å²) in [6.45, 7) is 3.99. The Kier molecular flexibility index (Phi) is 7.09. The summed E-state index contributed by atoms with van der Waals surface area (Å²) in [6, 6.07) is 11.6. The molecule has 0 aliphatic heterocycles. The summed E-state index contributed by atoms with van der Waals surface area (Å²) in [5.41, 5.74) is 5.16. The number of amides is 1. The first kappa shape index (κ1) is 22.6. The SMILES string of the molecule is Cc1c(Cl)cccc1N(CCCC(=O)N[C@H](C)c1ccc2c(c1)CCC2)S(C)(=O)=O. The molecule has 0 radical (unpaired) electrons. The van der Waals surface area contributed by atoms with E-state index in [1.54, 1.807) is 25.1 Å². The van der Waals surface area contributed by atoms with Gasteiger partial charge in [0.05, 0.1) is 18.0 Å². The number of sulfonamides is 1. The Bertz CT molecular complexity index is 1040. The fraction of sp³-hybridized carbons (Fsp3) is 0.435. The number of hydrogen-bond donors (Lipinski definition) is 1. The lowest BCUT2D eigenvalue weighted by Gasteiger charge is -2.24. The highest BCUT2D eigenvalue weighted by Crippen LogP contribution is 2.29. The molecule has 0 aromatic heterocycles. The monoisotopic (exact) mass is 448 g/mol. The second-order valence-corrected chi connectivity index (χ2v) is 10.3. The highest BCUT2D eigenvalue weighted by atomic mass is 35.5. The Hall–Kier alpha value is -2.05. The number of benzene rings is 2.